The first-order valence-corrected chi connectivity index (χ1v) is 10.6. The minimum atomic E-state index is -0.269. The van der Waals surface area contributed by atoms with Gasteiger partial charge in [0.15, 0.2) is 0 Å². The first-order chi connectivity index (χ1) is 14.3. The van der Waals surface area contributed by atoms with E-state index in [0.717, 1.165) is 48.0 Å². The highest BCUT2D eigenvalue weighted by Crippen LogP contribution is 2.32. The average molecular weight is 404 g/mol. The lowest BCUT2D eigenvalue weighted by molar-refractivity contribution is 0.102. The Balaban J connectivity index is 1.48. The van der Waals surface area contributed by atoms with Gasteiger partial charge in [-0.3, -0.25) is 9.20 Å². The number of thiophene rings is 1. The van der Waals surface area contributed by atoms with Gasteiger partial charge in [0.25, 0.3) is 5.91 Å². The Morgan fingerprint density at radius 2 is 1.97 bits per heavy atom. The van der Waals surface area contributed by atoms with Gasteiger partial charge in [-0.1, -0.05) is 12.1 Å². The third-order valence-corrected chi connectivity index (χ3v) is 5.96. The van der Waals surface area contributed by atoms with Crippen molar-refractivity contribution in [1.82, 2.24) is 19.4 Å². The maximum absolute atomic E-state index is 13.1. The van der Waals surface area contributed by atoms with E-state index in [1.165, 1.54) is 12.7 Å². The number of hydrogen-bond donors (Lipinski definition) is 1. The van der Waals surface area contributed by atoms with Crippen molar-refractivity contribution < 1.29 is 4.79 Å². The van der Waals surface area contributed by atoms with Crippen LogP contribution in [-0.2, 0) is 0 Å². The quantitative estimate of drug-likeness (QED) is 0.554. The number of aromatic nitrogens is 4. The molecule has 0 bridgehead atoms. The number of carbonyl (C=O) groups excluding carboxylic acids is 1. The summed E-state index contributed by atoms with van der Waals surface area (Å²) < 4.78 is 1.89. The van der Waals surface area contributed by atoms with Crippen molar-refractivity contribution in [3.8, 4) is 10.6 Å². The lowest BCUT2D eigenvalue weighted by Crippen LogP contribution is -2.30. The highest BCUT2D eigenvalue weighted by molar-refractivity contribution is 7.13. The molecule has 29 heavy (non-hydrogen) atoms. The fraction of sp³-hybridized carbons (Fsp3) is 0.238. The Morgan fingerprint density at radius 1 is 1.07 bits per heavy atom. The molecule has 1 fully saturated rings. The van der Waals surface area contributed by atoms with E-state index in [2.05, 4.69) is 20.2 Å². The average Bonchev–Trinajstić information content (AvgIpc) is 3.43. The molecule has 1 aliphatic heterocycles. The number of carbonyl (C=O) groups is 1. The van der Waals surface area contributed by atoms with Crippen molar-refractivity contribution in [1.29, 1.82) is 0 Å². The van der Waals surface area contributed by atoms with Crippen LogP contribution in [0.5, 0.6) is 0 Å². The number of nitrogens with one attached hydrogen (secondary N) is 1. The van der Waals surface area contributed by atoms with Gasteiger partial charge < -0.3 is 10.2 Å². The van der Waals surface area contributed by atoms with Crippen molar-refractivity contribution in [3.63, 3.8) is 0 Å². The lowest BCUT2D eigenvalue weighted by Gasteiger charge is -2.27. The summed E-state index contributed by atoms with van der Waals surface area (Å²) in [6.45, 7) is 1.93. The molecule has 5 rings (SSSR count). The molecular weight excluding hydrogens is 384 g/mol. The first kappa shape index (κ1) is 17.8. The second-order valence-corrected chi connectivity index (χ2v) is 7.93. The zero-order valence-corrected chi connectivity index (χ0v) is 16.6. The summed E-state index contributed by atoms with van der Waals surface area (Å²) in [6.07, 6.45) is 6.91. The summed E-state index contributed by atoms with van der Waals surface area (Å²) in [5, 5.41) is 5.03. The first-order valence-electron chi connectivity index (χ1n) is 9.69. The smallest absolute Gasteiger partial charge is 0.275 e. The molecule has 1 saturated heterocycles. The maximum atomic E-state index is 13.1. The summed E-state index contributed by atoms with van der Waals surface area (Å²) in [5.41, 5.74) is 1.89. The number of nitrogens with zero attached hydrogens (tertiary/aromatic N) is 5. The van der Waals surface area contributed by atoms with Gasteiger partial charge in [0.05, 0.1) is 4.88 Å². The van der Waals surface area contributed by atoms with Crippen LogP contribution in [0.15, 0.2) is 54.3 Å². The summed E-state index contributed by atoms with van der Waals surface area (Å²) in [7, 11) is 0. The van der Waals surface area contributed by atoms with Crippen molar-refractivity contribution in [2.24, 2.45) is 0 Å². The summed E-state index contributed by atoms with van der Waals surface area (Å²) in [4.78, 5) is 29.6. The Labute approximate surface area is 172 Å². The van der Waals surface area contributed by atoms with Crippen LogP contribution in [0.4, 0.5) is 11.6 Å². The molecule has 0 aliphatic carbocycles. The van der Waals surface area contributed by atoms with Gasteiger partial charge in [0.2, 0.25) is 0 Å². The van der Waals surface area contributed by atoms with Crippen molar-refractivity contribution >= 4 is 34.5 Å². The van der Waals surface area contributed by atoms with Crippen LogP contribution in [0.1, 0.15) is 29.8 Å². The van der Waals surface area contributed by atoms with Gasteiger partial charge in [-0.2, -0.15) is 0 Å². The lowest BCUT2D eigenvalue weighted by atomic mass is 10.1. The molecule has 0 saturated carbocycles. The van der Waals surface area contributed by atoms with E-state index in [9.17, 15) is 4.79 Å². The van der Waals surface area contributed by atoms with E-state index in [1.807, 2.05) is 46.3 Å². The van der Waals surface area contributed by atoms with Gasteiger partial charge in [0.1, 0.15) is 35.0 Å². The van der Waals surface area contributed by atoms with Crippen LogP contribution in [0.25, 0.3) is 16.2 Å². The second-order valence-electron chi connectivity index (χ2n) is 6.98. The normalized spacial score (nSPS) is 14.3. The fourth-order valence-corrected chi connectivity index (χ4v) is 4.35. The van der Waals surface area contributed by atoms with Gasteiger partial charge in [-0.15, -0.1) is 11.3 Å². The molecule has 4 aromatic heterocycles. The Morgan fingerprint density at radius 3 is 2.79 bits per heavy atom. The number of fused-ring (bicyclic) bond motifs is 1. The highest BCUT2D eigenvalue weighted by atomic mass is 32.1. The summed E-state index contributed by atoms with van der Waals surface area (Å²) in [6, 6.07) is 11.5. The van der Waals surface area contributed by atoms with E-state index in [0.29, 0.717) is 11.5 Å². The van der Waals surface area contributed by atoms with Crippen LogP contribution < -0.4 is 10.2 Å². The zero-order chi connectivity index (χ0) is 19.6. The van der Waals surface area contributed by atoms with Gasteiger partial charge in [-0.05, 0) is 42.8 Å². The Bertz CT molecular complexity index is 1150. The minimum absolute atomic E-state index is 0.269. The molecule has 0 unspecified atom stereocenters. The number of rotatable bonds is 4. The number of hydrogen-bond acceptors (Lipinski definition) is 6. The molecule has 4 aromatic rings. The standard InChI is InChI=1S/C21H20N6OS/c28-21(15-13-18(23-14-22-15)26-9-3-1-4-10-26)25-20-19(16-7-6-12-29-16)24-17-8-2-5-11-27(17)20/h2,5-8,11-14H,1,3-4,9-10H2,(H,25,28). The molecule has 0 atom stereocenters. The summed E-state index contributed by atoms with van der Waals surface area (Å²) >= 11 is 1.59. The molecule has 0 aromatic carbocycles. The van der Waals surface area contributed by atoms with Crippen LogP contribution in [-0.4, -0.2) is 38.3 Å². The SMILES string of the molecule is O=C(Nc1c(-c2cccs2)nc2ccccn12)c1cc(N2CCCCC2)ncn1. The monoisotopic (exact) mass is 404 g/mol. The predicted molar refractivity (Wildman–Crippen MR) is 115 cm³/mol. The van der Waals surface area contributed by atoms with Gasteiger partial charge in [-0.25, -0.2) is 15.0 Å². The maximum Gasteiger partial charge on any atom is 0.275 e. The van der Waals surface area contributed by atoms with E-state index in [1.54, 1.807) is 17.4 Å². The number of anilines is 2. The van der Waals surface area contributed by atoms with Crippen molar-refractivity contribution in [2.75, 3.05) is 23.3 Å². The van der Waals surface area contributed by atoms with Crippen molar-refractivity contribution in [3.05, 3.63) is 60.0 Å². The molecule has 0 spiro atoms. The van der Waals surface area contributed by atoms with E-state index in [4.69, 9.17) is 4.98 Å². The van der Waals surface area contributed by atoms with Gasteiger partial charge >= 0.3 is 0 Å². The van der Waals surface area contributed by atoms with Crippen LogP contribution in [0, 0.1) is 0 Å². The minimum Gasteiger partial charge on any atom is -0.357 e. The van der Waals surface area contributed by atoms with Gasteiger partial charge in [0, 0.05) is 25.4 Å². The Hall–Kier alpha value is -3.26. The second kappa shape index (κ2) is 7.63. The van der Waals surface area contributed by atoms with E-state index < -0.39 is 0 Å². The molecule has 1 N–H and O–H groups in total. The number of amides is 1. The fourth-order valence-electron chi connectivity index (χ4n) is 3.64. The highest BCUT2D eigenvalue weighted by Gasteiger charge is 2.20. The third kappa shape index (κ3) is 3.47. The van der Waals surface area contributed by atoms with Crippen LogP contribution in [0.3, 0.4) is 0 Å². The molecule has 8 heteroatoms. The molecule has 1 aliphatic rings. The Kier molecular flexibility index (Phi) is 4.69. The molecule has 1 amide bonds. The zero-order valence-electron chi connectivity index (χ0n) is 15.8. The van der Waals surface area contributed by atoms with E-state index in [-0.39, 0.29) is 5.91 Å². The number of pyridine rings is 1. The van der Waals surface area contributed by atoms with Crippen molar-refractivity contribution in [2.45, 2.75) is 19.3 Å². The molecule has 5 heterocycles. The molecule has 146 valence electrons. The number of piperidine rings is 1. The molecule has 7 nitrogen and oxygen atoms in total. The third-order valence-electron chi connectivity index (χ3n) is 5.08. The molecule has 0 radical (unpaired) electrons. The van der Waals surface area contributed by atoms with E-state index >= 15 is 0 Å². The van der Waals surface area contributed by atoms with Crippen LogP contribution >= 0.6 is 11.3 Å². The number of imidazole rings is 1. The topological polar surface area (TPSA) is 75.4 Å². The molecular formula is C21H20N6OS. The largest absolute Gasteiger partial charge is 0.357 e. The van der Waals surface area contributed by atoms with Crippen LogP contribution in [0.2, 0.25) is 0 Å². The summed E-state index contributed by atoms with van der Waals surface area (Å²) in [5.74, 6) is 1.18. The predicted octanol–water partition coefficient (Wildman–Crippen LogP) is 4.10.